The minimum absolute atomic E-state index is 0.280. The average Bonchev–Trinajstić information content (AvgIpc) is 2.29. The normalized spacial score (nSPS) is 12.7. The molecule has 0 aliphatic carbocycles. The fraction of sp³-hybridized carbons (Fsp3) is 0.538. The highest BCUT2D eigenvalue weighted by molar-refractivity contribution is 6.31. The molecular formula is C13H20ClNO. The van der Waals surface area contributed by atoms with Crippen molar-refractivity contribution in [1.29, 1.82) is 0 Å². The van der Waals surface area contributed by atoms with Crippen molar-refractivity contribution in [3.8, 4) is 0 Å². The molecule has 1 rings (SSSR count). The van der Waals surface area contributed by atoms with Gasteiger partial charge in [-0.1, -0.05) is 29.8 Å². The highest BCUT2D eigenvalue weighted by Crippen LogP contribution is 2.21. The summed E-state index contributed by atoms with van der Waals surface area (Å²) in [7, 11) is 0. The van der Waals surface area contributed by atoms with E-state index in [0.29, 0.717) is 6.61 Å². The number of hydrogen-bond donors (Lipinski definition) is 2. The van der Waals surface area contributed by atoms with Crippen molar-refractivity contribution in [2.24, 2.45) is 0 Å². The van der Waals surface area contributed by atoms with Gasteiger partial charge in [0.25, 0.3) is 0 Å². The zero-order valence-corrected chi connectivity index (χ0v) is 10.5. The molecule has 3 heteroatoms. The molecule has 1 aromatic carbocycles. The molecule has 0 saturated heterocycles. The summed E-state index contributed by atoms with van der Waals surface area (Å²) >= 11 is 6.11. The van der Waals surface area contributed by atoms with Crippen molar-refractivity contribution in [3.63, 3.8) is 0 Å². The van der Waals surface area contributed by atoms with Crippen molar-refractivity contribution >= 4 is 11.6 Å². The number of aliphatic hydroxyl groups is 1. The molecule has 2 nitrogen and oxygen atoms in total. The zero-order chi connectivity index (χ0) is 11.8. The van der Waals surface area contributed by atoms with Crippen LogP contribution in [0.2, 0.25) is 5.02 Å². The van der Waals surface area contributed by atoms with Crippen LogP contribution in [-0.2, 0) is 0 Å². The van der Waals surface area contributed by atoms with Gasteiger partial charge in [0.2, 0.25) is 0 Å². The maximum atomic E-state index is 8.65. The van der Waals surface area contributed by atoms with Crippen LogP contribution in [-0.4, -0.2) is 18.3 Å². The van der Waals surface area contributed by atoms with Gasteiger partial charge in [-0.2, -0.15) is 0 Å². The van der Waals surface area contributed by atoms with Gasteiger partial charge in [-0.3, -0.25) is 0 Å². The van der Waals surface area contributed by atoms with Crippen LogP contribution in [0.4, 0.5) is 0 Å². The zero-order valence-electron chi connectivity index (χ0n) is 9.75. The largest absolute Gasteiger partial charge is 0.396 e. The summed E-state index contributed by atoms with van der Waals surface area (Å²) in [4.78, 5) is 0. The van der Waals surface area contributed by atoms with E-state index in [0.717, 1.165) is 36.4 Å². The Labute approximate surface area is 103 Å². The lowest BCUT2D eigenvalue weighted by Gasteiger charge is -2.15. The van der Waals surface area contributed by atoms with E-state index < -0.39 is 0 Å². The van der Waals surface area contributed by atoms with Crippen molar-refractivity contribution in [2.75, 3.05) is 13.2 Å². The van der Waals surface area contributed by atoms with Gasteiger partial charge in [0.15, 0.2) is 0 Å². The number of unbranched alkanes of at least 4 members (excludes halogenated alkanes) is 2. The molecule has 0 radical (unpaired) electrons. The Morgan fingerprint density at radius 3 is 2.69 bits per heavy atom. The second-order valence-corrected chi connectivity index (χ2v) is 4.39. The fourth-order valence-electron chi connectivity index (χ4n) is 1.67. The van der Waals surface area contributed by atoms with Crippen LogP contribution in [0, 0.1) is 0 Å². The summed E-state index contributed by atoms with van der Waals surface area (Å²) in [5.74, 6) is 0. The van der Waals surface area contributed by atoms with Gasteiger partial charge < -0.3 is 10.4 Å². The van der Waals surface area contributed by atoms with E-state index in [4.69, 9.17) is 16.7 Å². The summed E-state index contributed by atoms with van der Waals surface area (Å²) in [5, 5.41) is 12.9. The van der Waals surface area contributed by atoms with E-state index in [1.807, 2.05) is 24.3 Å². The van der Waals surface area contributed by atoms with Crippen molar-refractivity contribution in [1.82, 2.24) is 5.32 Å². The number of benzene rings is 1. The fourth-order valence-corrected chi connectivity index (χ4v) is 1.97. The van der Waals surface area contributed by atoms with Gasteiger partial charge >= 0.3 is 0 Å². The van der Waals surface area contributed by atoms with E-state index >= 15 is 0 Å². The second kappa shape index (κ2) is 7.66. The number of aliphatic hydroxyl groups excluding tert-OH is 1. The highest BCUT2D eigenvalue weighted by Gasteiger charge is 2.07. The van der Waals surface area contributed by atoms with Crippen LogP contribution in [0.1, 0.15) is 37.8 Å². The molecule has 0 heterocycles. The van der Waals surface area contributed by atoms with E-state index in [-0.39, 0.29) is 6.04 Å². The van der Waals surface area contributed by atoms with Crippen LogP contribution in [0.15, 0.2) is 24.3 Å². The van der Waals surface area contributed by atoms with Gasteiger partial charge in [0.1, 0.15) is 0 Å². The van der Waals surface area contributed by atoms with Crippen molar-refractivity contribution < 1.29 is 5.11 Å². The SMILES string of the molecule is C[C@H](NCCCCCO)c1ccccc1Cl. The minimum atomic E-state index is 0.280. The van der Waals surface area contributed by atoms with Crippen LogP contribution in [0.3, 0.4) is 0 Å². The molecule has 16 heavy (non-hydrogen) atoms. The molecule has 0 unspecified atom stereocenters. The molecule has 0 amide bonds. The van der Waals surface area contributed by atoms with Crippen LogP contribution in [0.5, 0.6) is 0 Å². The van der Waals surface area contributed by atoms with Crippen LogP contribution >= 0.6 is 11.6 Å². The lowest BCUT2D eigenvalue weighted by atomic mass is 10.1. The Morgan fingerprint density at radius 2 is 2.00 bits per heavy atom. The van der Waals surface area contributed by atoms with Gasteiger partial charge in [0, 0.05) is 17.7 Å². The van der Waals surface area contributed by atoms with E-state index in [1.165, 1.54) is 0 Å². The number of nitrogens with one attached hydrogen (secondary N) is 1. The molecular weight excluding hydrogens is 222 g/mol. The molecule has 0 aliphatic rings. The Balaban J connectivity index is 2.30. The van der Waals surface area contributed by atoms with Gasteiger partial charge in [-0.25, -0.2) is 0 Å². The van der Waals surface area contributed by atoms with Crippen LogP contribution < -0.4 is 5.32 Å². The Morgan fingerprint density at radius 1 is 1.25 bits per heavy atom. The number of halogens is 1. The summed E-state index contributed by atoms with van der Waals surface area (Å²) in [6, 6.07) is 8.20. The lowest BCUT2D eigenvalue weighted by Crippen LogP contribution is -2.20. The summed E-state index contributed by atoms with van der Waals surface area (Å²) in [6.07, 6.45) is 3.05. The highest BCUT2D eigenvalue weighted by atomic mass is 35.5. The van der Waals surface area contributed by atoms with Crippen molar-refractivity contribution in [3.05, 3.63) is 34.9 Å². The quantitative estimate of drug-likeness (QED) is 0.719. The average molecular weight is 242 g/mol. The Kier molecular flexibility index (Phi) is 6.46. The first kappa shape index (κ1) is 13.5. The summed E-state index contributed by atoms with van der Waals surface area (Å²) in [6.45, 7) is 3.37. The molecule has 2 N–H and O–H groups in total. The third-order valence-corrected chi connectivity index (χ3v) is 3.00. The van der Waals surface area contributed by atoms with E-state index in [2.05, 4.69) is 12.2 Å². The monoisotopic (exact) mass is 241 g/mol. The first-order chi connectivity index (χ1) is 7.75. The maximum Gasteiger partial charge on any atom is 0.0453 e. The molecule has 90 valence electrons. The summed E-state index contributed by atoms with van der Waals surface area (Å²) in [5.41, 5.74) is 1.14. The molecule has 0 spiro atoms. The van der Waals surface area contributed by atoms with Gasteiger partial charge in [-0.15, -0.1) is 0 Å². The first-order valence-electron chi connectivity index (χ1n) is 5.84. The number of rotatable bonds is 7. The van der Waals surface area contributed by atoms with Gasteiger partial charge in [-0.05, 0) is 44.4 Å². The molecule has 1 atom stereocenters. The minimum Gasteiger partial charge on any atom is -0.396 e. The second-order valence-electron chi connectivity index (χ2n) is 3.98. The predicted octanol–water partition coefficient (Wildman–Crippen LogP) is 3.15. The number of hydrogen-bond acceptors (Lipinski definition) is 2. The topological polar surface area (TPSA) is 32.3 Å². The lowest BCUT2D eigenvalue weighted by molar-refractivity contribution is 0.282. The van der Waals surface area contributed by atoms with Gasteiger partial charge in [0.05, 0.1) is 0 Å². The third kappa shape index (κ3) is 4.52. The molecule has 0 saturated carbocycles. The molecule has 0 aromatic heterocycles. The Bertz CT molecular complexity index is 304. The van der Waals surface area contributed by atoms with Crippen molar-refractivity contribution in [2.45, 2.75) is 32.2 Å². The van der Waals surface area contributed by atoms with E-state index in [1.54, 1.807) is 0 Å². The molecule has 0 bridgehead atoms. The summed E-state index contributed by atoms with van der Waals surface area (Å²) < 4.78 is 0. The smallest absolute Gasteiger partial charge is 0.0453 e. The maximum absolute atomic E-state index is 8.65. The first-order valence-corrected chi connectivity index (χ1v) is 6.22. The molecule has 1 aromatic rings. The molecule has 0 fully saturated rings. The third-order valence-electron chi connectivity index (χ3n) is 2.66. The molecule has 0 aliphatic heterocycles. The standard InChI is InChI=1S/C13H20ClNO/c1-11(15-9-5-2-6-10-16)12-7-3-4-8-13(12)14/h3-4,7-8,11,15-16H,2,5-6,9-10H2,1H3/t11-/m0/s1. The predicted molar refractivity (Wildman–Crippen MR) is 68.8 cm³/mol. The Hall–Kier alpha value is -0.570. The van der Waals surface area contributed by atoms with Crippen LogP contribution in [0.25, 0.3) is 0 Å². The van der Waals surface area contributed by atoms with E-state index in [9.17, 15) is 0 Å².